The van der Waals surface area contributed by atoms with Crippen LogP contribution in [0.3, 0.4) is 0 Å². The van der Waals surface area contributed by atoms with Gasteiger partial charge >= 0.3 is 0 Å². The fraction of sp³-hybridized carbons (Fsp3) is 0.455. The van der Waals surface area contributed by atoms with E-state index in [0.29, 0.717) is 17.8 Å². The highest BCUT2D eigenvalue weighted by Gasteiger charge is 2.06. The molecule has 0 heterocycles. The summed E-state index contributed by atoms with van der Waals surface area (Å²) in [5.74, 6) is 1.24. The van der Waals surface area contributed by atoms with Crippen molar-refractivity contribution in [2.45, 2.75) is 12.5 Å². The van der Waals surface area contributed by atoms with Gasteiger partial charge in [-0.25, -0.2) is 0 Å². The maximum absolute atomic E-state index is 5.85. The van der Waals surface area contributed by atoms with Crippen LogP contribution in [0, 0.1) is 0 Å². The maximum Gasteiger partial charge on any atom is 0.0380 e. The molecule has 3 heteroatoms. The van der Waals surface area contributed by atoms with Crippen molar-refractivity contribution < 1.29 is 0 Å². The minimum Gasteiger partial charge on any atom is -0.311 e. The summed E-state index contributed by atoms with van der Waals surface area (Å²) in [6.07, 6.45) is 0.960. The molecule has 0 aliphatic carbocycles. The van der Waals surface area contributed by atoms with Crippen LogP contribution in [0.2, 0.25) is 0 Å². The summed E-state index contributed by atoms with van der Waals surface area (Å²) in [6.45, 7) is 0.811. The van der Waals surface area contributed by atoms with Gasteiger partial charge < -0.3 is 5.32 Å². The van der Waals surface area contributed by atoms with Gasteiger partial charge in [0.15, 0.2) is 0 Å². The normalized spacial score (nSPS) is 12.7. The van der Waals surface area contributed by atoms with Crippen LogP contribution in [0.4, 0.5) is 0 Å². The number of nitrogens with one attached hydrogen (secondary N) is 1. The van der Waals surface area contributed by atoms with Gasteiger partial charge in [0, 0.05) is 24.3 Å². The second-order valence-corrected chi connectivity index (χ2v) is 3.87. The van der Waals surface area contributed by atoms with Crippen molar-refractivity contribution in [3.05, 3.63) is 35.9 Å². The highest BCUT2D eigenvalue weighted by Crippen LogP contribution is 2.04. The molecule has 0 fully saturated rings. The quantitative estimate of drug-likeness (QED) is 0.743. The van der Waals surface area contributed by atoms with Crippen molar-refractivity contribution in [1.29, 1.82) is 0 Å². The van der Waals surface area contributed by atoms with Gasteiger partial charge in [-0.1, -0.05) is 30.3 Å². The molecule has 0 bridgehead atoms. The highest BCUT2D eigenvalue weighted by atomic mass is 35.5. The van der Waals surface area contributed by atoms with E-state index in [0.717, 1.165) is 13.0 Å². The van der Waals surface area contributed by atoms with E-state index in [9.17, 15) is 0 Å². The molecular weight excluding hydrogens is 217 g/mol. The summed E-state index contributed by atoms with van der Waals surface area (Å²) >= 11 is 11.4. The lowest BCUT2D eigenvalue weighted by Crippen LogP contribution is -2.34. The summed E-state index contributed by atoms with van der Waals surface area (Å²) in [6, 6.07) is 10.7. The smallest absolute Gasteiger partial charge is 0.0380 e. The van der Waals surface area contributed by atoms with Gasteiger partial charge in [0.05, 0.1) is 0 Å². The van der Waals surface area contributed by atoms with Crippen LogP contribution in [-0.2, 0) is 6.42 Å². The Kier molecular flexibility index (Phi) is 6.00. The van der Waals surface area contributed by atoms with Crippen LogP contribution in [0.25, 0.3) is 0 Å². The standard InChI is InChI=1S/C11H15Cl2N/c12-6-7-14-11(9-13)8-10-4-2-1-3-5-10/h1-5,11,14H,6-9H2. The lowest BCUT2D eigenvalue weighted by Gasteiger charge is -2.14. The Morgan fingerprint density at radius 2 is 1.86 bits per heavy atom. The molecule has 14 heavy (non-hydrogen) atoms. The number of rotatable bonds is 6. The maximum atomic E-state index is 5.85. The molecule has 1 nitrogen and oxygen atoms in total. The van der Waals surface area contributed by atoms with Crippen LogP contribution in [-0.4, -0.2) is 24.3 Å². The lowest BCUT2D eigenvalue weighted by molar-refractivity contribution is 0.572. The van der Waals surface area contributed by atoms with Crippen molar-refractivity contribution in [3.8, 4) is 0 Å². The average Bonchev–Trinajstić information content (AvgIpc) is 2.25. The minimum absolute atomic E-state index is 0.317. The second kappa shape index (κ2) is 7.10. The highest BCUT2D eigenvalue weighted by molar-refractivity contribution is 6.18. The Labute approximate surface area is 95.4 Å². The number of halogens is 2. The van der Waals surface area contributed by atoms with Gasteiger partial charge in [-0.15, -0.1) is 23.2 Å². The molecule has 1 atom stereocenters. The van der Waals surface area contributed by atoms with E-state index in [1.54, 1.807) is 0 Å². The molecule has 78 valence electrons. The van der Waals surface area contributed by atoms with E-state index in [1.807, 2.05) is 18.2 Å². The van der Waals surface area contributed by atoms with Crippen molar-refractivity contribution in [1.82, 2.24) is 5.32 Å². The zero-order valence-electron chi connectivity index (χ0n) is 8.05. The van der Waals surface area contributed by atoms with Crippen LogP contribution in [0.1, 0.15) is 5.56 Å². The molecule has 0 saturated carbocycles. The minimum atomic E-state index is 0.317. The van der Waals surface area contributed by atoms with E-state index < -0.39 is 0 Å². The third-order valence-corrected chi connectivity index (χ3v) is 2.60. The third kappa shape index (κ3) is 4.32. The molecule has 0 radical (unpaired) electrons. The fourth-order valence-corrected chi connectivity index (χ4v) is 1.67. The first-order chi connectivity index (χ1) is 6.86. The third-order valence-electron chi connectivity index (χ3n) is 2.04. The number of hydrogen-bond acceptors (Lipinski definition) is 1. The Bertz CT molecular complexity index is 238. The Hall–Kier alpha value is -0.240. The first kappa shape index (κ1) is 11.8. The fourth-order valence-electron chi connectivity index (χ4n) is 1.34. The molecular formula is C11H15Cl2N. The van der Waals surface area contributed by atoms with Crippen molar-refractivity contribution in [2.75, 3.05) is 18.3 Å². The molecule has 0 spiro atoms. The molecule has 1 rings (SSSR count). The van der Waals surface area contributed by atoms with Gasteiger partial charge in [0.25, 0.3) is 0 Å². The van der Waals surface area contributed by atoms with Crippen molar-refractivity contribution in [3.63, 3.8) is 0 Å². The zero-order chi connectivity index (χ0) is 10.2. The molecule has 0 aromatic heterocycles. The molecule has 1 aromatic rings. The molecule has 0 saturated heterocycles. The molecule has 0 aliphatic heterocycles. The van der Waals surface area contributed by atoms with E-state index in [1.165, 1.54) is 5.56 Å². The predicted octanol–water partition coefficient (Wildman–Crippen LogP) is 2.66. The topological polar surface area (TPSA) is 12.0 Å². The summed E-state index contributed by atoms with van der Waals surface area (Å²) in [5.41, 5.74) is 1.31. The summed E-state index contributed by atoms with van der Waals surface area (Å²) < 4.78 is 0. The van der Waals surface area contributed by atoms with Gasteiger partial charge in [-0.2, -0.15) is 0 Å². The van der Waals surface area contributed by atoms with Crippen molar-refractivity contribution in [2.24, 2.45) is 0 Å². The van der Waals surface area contributed by atoms with E-state index >= 15 is 0 Å². The van der Waals surface area contributed by atoms with Crippen LogP contribution < -0.4 is 5.32 Å². The monoisotopic (exact) mass is 231 g/mol. The van der Waals surface area contributed by atoms with Crippen LogP contribution in [0.15, 0.2) is 30.3 Å². The van der Waals surface area contributed by atoms with E-state index in [2.05, 4.69) is 17.4 Å². The SMILES string of the molecule is ClCCNC(CCl)Cc1ccccc1. The molecule has 1 N–H and O–H groups in total. The Morgan fingerprint density at radius 3 is 2.43 bits per heavy atom. The molecule has 0 amide bonds. The van der Waals surface area contributed by atoms with Crippen LogP contribution in [0.5, 0.6) is 0 Å². The first-order valence-electron chi connectivity index (χ1n) is 4.76. The average molecular weight is 232 g/mol. The summed E-state index contributed by atoms with van der Waals surface area (Å²) in [7, 11) is 0. The molecule has 0 aliphatic rings. The number of hydrogen-bond donors (Lipinski definition) is 1. The largest absolute Gasteiger partial charge is 0.311 e. The number of alkyl halides is 2. The summed E-state index contributed by atoms with van der Waals surface area (Å²) in [4.78, 5) is 0. The van der Waals surface area contributed by atoms with Gasteiger partial charge in [-0.3, -0.25) is 0 Å². The van der Waals surface area contributed by atoms with Gasteiger partial charge in [-0.05, 0) is 12.0 Å². The van der Waals surface area contributed by atoms with Crippen molar-refractivity contribution >= 4 is 23.2 Å². The van der Waals surface area contributed by atoms with E-state index in [-0.39, 0.29) is 0 Å². The first-order valence-corrected chi connectivity index (χ1v) is 5.83. The Morgan fingerprint density at radius 1 is 1.14 bits per heavy atom. The Balaban J connectivity index is 2.40. The number of benzene rings is 1. The van der Waals surface area contributed by atoms with Gasteiger partial charge in [0.1, 0.15) is 0 Å². The van der Waals surface area contributed by atoms with Gasteiger partial charge in [0.2, 0.25) is 0 Å². The predicted molar refractivity (Wildman–Crippen MR) is 63.4 cm³/mol. The van der Waals surface area contributed by atoms with Crippen LogP contribution >= 0.6 is 23.2 Å². The molecule has 1 aromatic carbocycles. The lowest BCUT2D eigenvalue weighted by atomic mass is 10.1. The molecule has 1 unspecified atom stereocenters. The second-order valence-electron chi connectivity index (χ2n) is 3.18. The van der Waals surface area contributed by atoms with E-state index in [4.69, 9.17) is 23.2 Å². The summed E-state index contributed by atoms with van der Waals surface area (Å²) in [5, 5.41) is 3.30. The zero-order valence-corrected chi connectivity index (χ0v) is 9.56.